The summed E-state index contributed by atoms with van der Waals surface area (Å²) in [4.78, 5) is 34.9. The van der Waals surface area contributed by atoms with E-state index >= 15 is 0 Å². The summed E-state index contributed by atoms with van der Waals surface area (Å²) in [6.07, 6.45) is 1.87. The summed E-state index contributed by atoms with van der Waals surface area (Å²) in [5, 5.41) is 11.5. The minimum absolute atomic E-state index is 0.0591. The van der Waals surface area contributed by atoms with Crippen LogP contribution in [0.1, 0.15) is 42.4 Å². The van der Waals surface area contributed by atoms with E-state index in [1.54, 1.807) is 24.1 Å². The number of pyridine rings is 1. The molecule has 0 bridgehead atoms. The van der Waals surface area contributed by atoms with Gasteiger partial charge in [0.15, 0.2) is 5.76 Å². The van der Waals surface area contributed by atoms with Crippen LogP contribution < -0.4 is 4.74 Å². The van der Waals surface area contributed by atoms with Crippen LogP contribution in [0, 0.1) is 13.8 Å². The van der Waals surface area contributed by atoms with Crippen molar-refractivity contribution in [1.29, 1.82) is 0 Å². The van der Waals surface area contributed by atoms with E-state index in [1.807, 2.05) is 48.7 Å². The van der Waals surface area contributed by atoms with Crippen molar-refractivity contribution in [2.24, 2.45) is 0 Å². The van der Waals surface area contributed by atoms with Gasteiger partial charge in [0.2, 0.25) is 0 Å². The Labute approximate surface area is 205 Å². The summed E-state index contributed by atoms with van der Waals surface area (Å²) in [5.41, 5.74) is 3.43. The molecule has 0 aliphatic carbocycles. The van der Waals surface area contributed by atoms with Gasteiger partial charge in [-0.2, -0.15) is 0 Å². The molecule has 4 rings (SSSR count). The topological polar surface area (TPSA) is 87.4 Å². The quantitative estimate of drug-likeness (QED) is 0.303. The van der Waals surface area contributed by atoms with Gasteiger partial charge in [-0.15, -0.1) is 0 Å². The van der Waals surface area contributed by atoms with Crippen molar-refractivity contribution in [2.45, 2.75) is 33.7 Å². The number of aryl methyl sites for hydroxylation is 2. The highest BCUT2D eigenvalue weighted by Crippen LogP contribution is 2.40. The number of aliphatic hydroxyl groups is 1. The van der Waals surface area contributed by atoms with Gasteiger partial charge in [0.05, 0.1) is 24.4 Å². The van der Waals surface area contributed by atoms with Crippen LogP contribution >= 0.6 is 0 Å². The van der Waals surface area contributed by atoms with Gasteiger partial charge in [0, 0.05) is 19.3 Å². The Morgan fingerprint density at radius 1 is 1.11 bits per heavy atom. The molecule has 1 fully saturated rings. The van der Waals surface area contributed by atoms with Crippen molar-refractivity contribution in [3.8, 4) is 5.75 Å². The first kappa shape index (κ1) is 24.5. The third kappa shape index (κ3) is 4.30. The maximum Gasteiger partial charge on any atom is 0.295 e. The van der Waals surface area contributed by atoms with Crippen LogP contribution in [0.3, 0.4) is 0 Å². The fourth-order valence-electron chi connectivity index (χ4n) is 4.71. The van der Waals surface area contributed by atoms with E-state index in [4.69, 9.17) is 4.74 Å². The molecule has 2 aromatic heterocycles. The summed E-state index contributed by atoms with van der Waals surface area (Å²) in [5.74, 6) is -0.899. The van der Waals surface area contributed by atoms with Gasteiger partial charge < -0.3 is 24.0 Å². The molecule has 184 valence electrons. The SMILES string of the molecule is CCN(CC)CCN1C(=O)C(=O)/C(=C(/O)c2nc3c(C)cccn3c2C)C1c1ccc(OC)cc1. The molecule has 0 saturated carbocycles. The van der Waals surface area contributed by atoms with Gasteiger partial charge >= 0.3 is 0 Å². The lowest BCUT2D eigenvalue weighted by atomic mass is 9.96. The highest BCUT2D eigenvalue weighted by Gasteiger charge is 2.46. The zero-order valence-corrected chi connectivity index (χ0v) is 20.9. The van der Waals surface area contributed by atoms with Gasteiger partial charge in [-0.1, -0.05) is 32.0 Å². The molecule has 8 nitrogen and oxygen atoms in total. The van der Waals surface area contributed by atoms with E-state index < -0.39 is 17.7 Å². The number of carbonyl (C=O) groups excluding carboxylic acids is 2. The van der Waals surface area contributed by atoms with Crippen molar-refractivity contribution >= 4 is 23.1 Å². The number of benzene rings is 1. The molecule has 0 radical (unpaired) electrons. The molecule has 1 aliphatic rings. The Kier molecular flexibility index (Phi) is 6.93. The predicted molar refractivity (Wildman–Crippen MR) is 134 cm³/mol. The first-order chi connectivity index (χ1) is 16.8. The number of hydrogen-bond acceptors (Lipinski definition) is 6. The van der Waals surface area contributed by atoms with Crippen LogP contribution in [0.2, 0.25) is 0 Å². The summed E-state index contributed by atoms with van der Waals surface area (Å²) < 4.78 is 7.16. The van der Waals surface area contributed by atoms with Crippen molar-refractivity contribution in [1.82, 2.24) is 19.2 Å². The molecule has 1 unspecified atom stereocenters. The van der Waals surface area contributed by atoms with Crippen LogP contribution in [-0.2, 0) is 9.59 Å². The number of aromatic nitrogens is 2. The summed E-state index contributed by atoms with van der Waals surface area (Å²) in [6.45, 7) is 10.6. The molecule has 3 heterocycles. The highest BCUT2D eigenvalue weighted by atomic mass is 16.5. The minimum atomic E-state index is -0.721. The second-order valence-corrected chi connectivity index (χ2v) is 8.72. The lowest BCUT2D eigenvalue weighted by molar-refractivity contribution is -0.140. The van der Waals surface area contributed by atoms with E-state index in [0.29, 0.717) is 35.9 Å². The molecule has 1 atom stereocenters. The normalized spacial score (nSPS) is 17.7. The Hall–Kier alpha value is -3.65. The number of likely N-dealkylation sites (N-methyl/N-ethyl adjacent to an activating group) is 1. The molecule has 1 N–H and O–H groups in total. The number of hydrogen-bond donors (Lipinski definition) is 1. The number of likely N-dealkylation sites (tertiary alicyclic amines) is 1. The third-order valence-corrected chi connectivity index (χ3v) is 6.83. The number of fused-ring (bicyclic) bond motifs is 1. The fourth-order valence-corrected chi connectivity index (χ4v) is 4.71. The van der Waals surface area contributed by atoms with Crippen molar-refractivity contribution < 1.29 is 19.4 Å². The maximum absolute atomic E-state index is 13.3. The maximum atomic E-state index is 13.3. The first-order valence-corrected chi connectivity index (χ1v) is 11.9. The Morgan fingerprint density at radius 3 is 2.40 bits per heavy atom. The third-order valence-electron chi connectivity index (χ3n) is 6.83. The van der Waals surface area contributed by atoms with Gasteiger partial charge in [-0.3, -0.25) is 9.59 Å². The Balaban J connectivity index is 1.86. The van der Waals surface area contributed by atoms with E-state index in [1.165, 1.54) is 0 Å². The van der Waals surface area contributed by atoms with E-state index in [9.17, 15) is 14.7 Å². The van der Waals surface area contributed by atoms with Crippen LogP contribution in [0.25, 0.3) is 11.4 Å². The molecule has 0 spiro atoms. The van der Waals surface area contributed by atoms with Gasteiger partial charge in [0.1, 0.15) is 17.1 Å². The first-order valence-electron chi connectivity index (χ1n) is 11.9. The summed E-state index contributed by atoms with van der Waals surface area (Å²) in [6, 6.07) is 10.4. The Morgan fingerprint density at radius 2 is 1.80 bits per heavy atom. The number of ketones is 1. The lowest BCUT2D eigenvalue weighted by Crippen LogP contribution is -2.38. The van der Waals surface area contributed by atoms with Crippen molar-refractivity contribution in [2.75, 3.05) is 33.3 Å². The lowest BCUT2D eigenvalue weighted by Gasteiger charge is -2.28. The molecular weight excluding hydrogens is 444 g/mol. The van der Waals surface area contributed by atoms with Gasteiger partial charge in [0.25, 0.3) is 11.7 Å². The summed E-state index contributed by atoms with van der Waals surface area (Å²) in [7, 11) is 1.58. The molecule has 3 aromatic rings. The average Bonchev–Trinajstić information content (AvgIpc) is 3.34. The largest absolute Gasteiger partial charge is 0.505 e. The number of rotatable bonds is 8. The molecule has 35 heavy (non-hydrogen) atoms. The number of aliphatic hydroxyl groups excluding tert-OH is 1. The van der Waals surface area contributed by atoms with Crippen molar-refractivity contribution in [3.05, 3.63) is 70.7 Å². The van der Waals surface area contributed by atoms with Crippen LogP contribution in [0.4, 0.5) is 0 Å². The smallest absolute Gasteiger partial charge is 0.295 e. The van der Waals surface area contributed by atoms with Crippen LogP contribution in [0.15, 0.2) is 48.2 Å². The predicted octanol–water partition coefficient (Wildman–Crippen LogP) is 3.72. The minimum Gasteiger partial charge on any atom is -0.505 e. The monoisotopic (exact) mass is 476 g/mol. The second-order valence-electron chi connectivity index (χ2n) is 8.72. The van der Waals surface area contributed by atoms with Crippen LogP contribution in [0.5, 0.6) is 5.75 Å². The summed E-state index contributed by atoms with van der Waals surface area (Å²) >= 11 is 0. The molecule has 1 aromatic carbocycles. The van der Waals surface area contributed by atoms with E-state index in [-0.39, 0.29) is 11.3 Å². The van der Waals surface area contributed by atoms with Crippen molar-refractivity contribution in [3.63, 3.8) is 0 Å². The number of Topliss-reactive ketones (excluding diaryl/α,β-unsaturated/α-hetero) is 1. The molecular formula is C27H32N4O4. The number of carbonyl (C=O) groups is 2. The number of ether oxygens (including phenoxy) is 1. The number of methoxy groups -OCH3 is 1. The van der Waals surface area contributed by atoms with Gasteiger partial charge in [-0.25, -0.2) is 4.98 Å². The number of amides is 1. The zero-order valence-electron chi connectivity index (χ0n) is 20.9. The standard InChI is InChI=1S/C27H32N4O4/c1-6-29(7-2)15-16-31-23(19-10-12-20(35-5)13-11-19)21(25(33)27(31)34)24(32)22-18(4)30-14-8-9-17(3)26(30)28-22/h8-14,23,32H,6-7,15-16H2,1-5H3/b24-21+. The van der Waals surface area contributed by atoms with E-state index in [2.05, 4.69) is 23.7 Å². The van der Waals surface area contributed by atoms with Gasteiger partial charge in [-0.05, 0) is 56.3 Å². The van der Waals surface area contributed by atoms with Crippen LogP contribution in [-0.4, -0.2) is 69.3 Å². The Bertz CT molecular complexity index is 1290. The zero-order chi connectivity index (χ0) is 25.3. The molecule has 1 amide bonds. The molecule has 1 aliphatic heterocycles. The fraction of sp³-hybridized carbons (Fsp3) is 0.370. The number of nitrogens with zero attached hydrogens (tertiary/aromatic N) is 4. The average molecular weight is 477 g/mol. The van der Waals surface area contributed by atoms with E-state index in [0.717, 1.165) is 24.2 Å². The second kappa shape index (κ2) is 9.92. The molecule has 8 heteroatoms. The number of imidazole rings is 1. The molecule has 1 saturated heterocycles. The highest BCUT2D eigenvalue weighted by molar-refractivity contribution is 6.46.